The van der Waals surface area contributed by atoms with Crippen LogP contribution in [-0.2, 0) is 0 Å². The van der Waals surface area contributed by atoms with Crippen molar-refractivity contribution in [3.05, 3.63) is 30.6 Å². The van der Waals surface area contributed by atoms with Crippen LogP contribution in [0.15, 0.2) is 30.6 Å². The lowest BCUT2D eigenvalue weighted by Gasteiger charge is -2.37. The molecule has 1 saturated heterocycles. The molecule has 6 N–H and O–H groups in total. The molecule has 2 saturated carbocycles. The van der Waals surface area contributed by atoms with E-state index in [9.17, 15) is 0 Å². The summed E-state index contributed by atoms with van der Waals surface area (Å²) in [5.41, 5.74) is 14.1. The molecule has 1 aromatic carbocycles. The average Bonchev–Trinajstić information content (AvgIpc) is 3.74. The summed E-state index contributed by atoms with van der Waals surface area (Å²) >= 11 is 0. The third-order valence-electron chi connectivity index (χ3n) is 9.87. The zero-order valence-corrected chi connectivity index (χ0v) is 23.6. The maximum Gasteiger partial charge on any atom is 0.227 e. The van der Waals surface area contributed by atoms with Crippen LogP contribution in [0, 0.1) is 11.8 Å². The standard InChI is InChI=1S/C30H44N10/c1-19(27-34-24-8-4-5-9-25(24)35-27)20-14-16-39(17-15-20)38-28-26-29(40(18-32-26)23-6-2-3-7-23)37-30(36-28)33-22-12-10-21(31)11-13-22/h4-5,8-9,18-23,27,34-35H,2-3,6-7,10-17,31H2,1H3,(H2,33,36,37,38)/t19?,21-,22-. The molecule has 40 heavy (non-hydrogen) atoms. The van der Waals surface area contributed by atoms with Gasteiger partial charge >= 0.3 is 0 Å². The van der Waals surface area contributed by atoms with E-state index in [1.54, 1.807) is 0 Å². The number of piperidine rings is 1. The van der Waals surface area contributed by atoms with Gasteiger partial charge in [0.2, 0.25) is 5.95 Å². The first-order valence-corrected chi connectivity index (χ1v) is 15.5. The van der Waals surface area contributed by atoms with Crippen molar-refractivity contribution in [2.45, 2.75) is 95.4 Å². The predicted octanol–water partition coefficient (Wildman–Crippen LogP) is 5.16. The van der Waals surface area contributed by atoms with Crippen LogP contribution < -0.4 is 27.1 Å². The van der Waals surface area contributed by atoms with E-state index in [0.717, 1.165) is 68.6 Å². The summed E-state index contributed by atoms with van der Waals surface area (Å²) in [5.74, 6) is 2.70. The van der Waals surface area contributed by atoms with Crippen molar-refractivity contribution in [1.82, 2.24) is 24.5 Å². The minimum atomic E-state index is 0.283. The molecule has 10 nitrogen and oxygen atoms in total. The highest BCUT2D eigenvalue weighted by Crippen LogP contribution is 2.37. The van der Waals surface area contributed by atoms with E-state index < -0.39 is 0 Å². The highest BCUT2D eigenvalue weighted by atomic mass is 15.5. The van der Waals surface area contributed by atoms with Gasteiger partial charge < -0.3 is 31.7 Å². The van der Waals surface area contributed by atoms with E-state index in [1.165, 1.54) is 37.1 Å². The Labute approximate surface area is 236 Å². The number of imidazole rings is 1. The van der Waals surface area contributed by atoms with Crippen LogP contribution in [0.5, 0.6) is 0 Å². The molecule has 4 heterocycles. The van der Waals surface area contributed by atoms with Crippen LogP contribution in [0.25, 0.3) is 11.2 Å². The molecule has 4 aliphatic rings. The predicted molar refractivity (Wildman–Crippen MR) is 161 cm³/mol. The maximum atomic E-state index is 6.16. The second-order valence-corrected chi connectivity index (χ2v) is 12.5. The van der Waals surface area contributed by atoms with Crippen molar-refractivity contribution in [3.63, 3.8) is 0 Å². The van der Waals surface area contributed by atoms with Gasteiger partial charge in [-0.25, -0.2) is 9.99 Å². The minimum absolute atomic E-state index is 0.283. The van der Waals surface area contributed by atoms with Gasteiger partial charge in [-0.3, -0.25) is 0 Å². The number of hydrogen-bond acceptors (Lipinski definition) is 9. The Hall–Kier alpha value is -3.11. The summed E-state index contributed by atoms with van der Waals surface area (Å²) in [4.78, 5) is 14.8. The van der Waals surface area contributed by atoms with Crippen molar-refractivity contribution >= 4 is 34.3 Å². The molecule has 7 rings (SSSR count). The molecule has 0 bridgehead atoms. The second-order valence-electron chi connectivity index (χ2n) is 12.5. The molecule has 2 aromatic heterocycles. The van der Waals surface area contributed by atoms with E-state index in [1.807, 2.05) is 6.33 Å². The molecule has 0 spiro atoms. The molecule has 2 aliphatic carbocycles. The van der Waals surface area contributed by atoms with Gasteiger partial charge in [-0.15, -0.1) is 0 Å². The molecule has 1 atom stereocenters. The Morgan fingerprint density at radius 1 is 0.925 bits per heavy atom. The number of rotatable bonds is 7. The number of para-hydroxylation sites is 2. The summed E-state index contributed by atoms with van der Waals surface area (Å²) in [6, 6.07) is 9.68. The summed E-state index contributed by atoms with van der Waals surface area (Å²) in [7, 11) is 0. The van der Waals surface area contributed by atoms with Gasteiger partial charge in [-0.05, 0) is 75.3 Å². The maximum absolute atomic E-state index is 6.16. The summed E-state index contributed by atoms with van der Waals surface area (Å²) in [6.45, 7) is 4.34. The van der Waals surface area contributed by atoms with Crippen LogP contribution in [0.3, 0.4) is 0 Å². The highest BCUT2D eigenvalue weighted by Gasteiger charge is 2.33. The molecule has 10 heteroatoms. The first-order chi connectivity index (χ1) is 19.6. The molecule has 0 radical (unpaired) electrons. The van der Waals surface area contributed by atoms with Crippen molar-refractivity contribution in [3.8, 4) is 0 Å². The van der Waals surface area contributed by atoms with Gasteiger partial charge in [0.25, 0.3) is 0 Å². The van der Waals surface area contributed by atoms with Gasteiger partial charge in [0, 0.05) is 31.2 Å². The topological polar surface area (TPSA) is 121 Å². The Morgan fingerprint density at radius 3 is 2.33 bits per heavy atom. The zero-order valence-electron chi connectivity index (χ0n) is 23.6. The number of anilines is 4. The summed E-state index contributed by atoms with van der Waals surface area (Å²) in [5, 5.41) is 13.4. The van der Waals surface area contributed by atoms with Crippen LogP contribution in [0.1, 0.15) is 77.2 Å². The quantitative estimate of drug-likeness (QED) is 0.274. The van der Waals surface area contributed by atoms with E-state index in [2.05, 4.69) is 62.1 Å². The molecule has 3 aromatic rings. The van der Waals surface area contributed by atoms with E-state index >= 15 is 0 Å². The molecular weight excluding hydrogens is 500 g/mol. The number of hydrazine groups is 1. The van der Waals surface area contributed by atoms with Crippen LogP contribution in [-0.4, -0.2) is 55.9 Å². The normalized spacial score (nSPS) is 25.4. The first kappa shape index (κ1) is 25.8. The Kier molecular flexibility index (Phi) is 7.13. The largest absolute Gasteiger partial charge is 0.363 e. The van der Waals surface area contributed by atoms with Crippen LogP contribution in [0.4, 0.5) is 23.1 Å². The smallest absolute Gasteiger partial charge is 0.227 e. The van der Waals surface area contributed by atoms with Crippen molar-refractivity contribution in [2.75, 3.05) is 34.5 Å². The summed E-state index contributed by atoms with van der Waals surface area (Å²) in [6.07, 6.45) is 13.7. The van der Waals surface area contributed by atoms with Crippen LogP contribution in [0.2, 0.25) is 0 Å². The average molecular weight is 545 g/mol. The minimum Gasteiger partial charge on any atom is -0.363 e. The molecule has 2 aliphatic heterocycles. The van der Waals surface area contributed by atoms with Gasteiger partial charge in [-0.1, -0.05) is 31.9 Å². The highest BCUT2D eigenvalue weighted by molar-refractivity contribution is 5.84. The van der Waals surface area contributed by atoms with Gasteiger partial charge in [0.05, 0.1) is 23.9 Å². The third-order valence-corrected chi connectivity index (χ3v) is 9.87. The SMILES string of the molecule is CC(C1CCN(Nc2nc(N[C@H]3CC[C@H](N)CC3)nc3c2ncn3C2CCCC2)CC1)C1Nc2ccccc2N1. The third kappa shape index (κ3) is 5.19. The molecule has 214 valence electrons. The Morgan fingerprint density at radius 2 is 1.62 bits per heavy atom. The number of nitrogens with zero attached hydrogens (tertiary/aromatic N) is 5. The first-order valence-electron chi connectivity index (χ1n) is 15.5. The molecule has 3 fully saturated rings. The van der Waals surface area contributed by atoms with Crippen molar-refractivity contribution in [2.24, 2.45) is 17.6 Å². The monoisotopic (exact) mass is 544 g/mol. The fourth-order valence-corrected chi connectivity index (χ4v) is 7.28. The van der Waals surface area contributed by atoms with E-state index in [0.29, 0.717) is 35.9 Å². The number of fused-ring (bicyclic) bond motifs is 2. The number of benzene rings is 1. The van der Waals surface area contributed by atoms with Crippen molar-refractivity contribution in [1.29, 1.82) is 0 Å². The fourth-order valence-electron chi connectivity index (χ4n) is 7.28. The Bertz CT molecular complexity index is 1280. The number of hydrogen-bond donors (Lipinski definition) is 5. The molecule has 0 amide bonds. The molecule has 1 unspecified atom stereocenters. The molecular formula is C30H44N10. The Balaban J connectivity index is 1.05. The number of nitrogens with two attached hydrogens (primary N) is 1. The number of aromatic nitrogens is 4. The van der Waals surface area contributed by atoms with Crippen molar-refractivity contribution < 1.29 is 0 Å². The fraction of sp³-hybridized carbons (Fsp3) is 0.633. The van der Waals surface area contributed by atoms with Crippen LogP contribution >= 0.6 is 0 Å². The second kappa shape index (κ2) is 11.0. The van der Waals surface area contributed by atoms with Gasteiger partial charge in [-0.2, -0.15) is 9.97 Å². The van der Waals surface area contributed by atoms with E-state index in [4.69, 9.17) is 20.7 Å². The zero-order chi connectivity index (χ0) is 27.1. The lowest BCUT2D eigenvalue weighted by atomic mass is 9.84. The van der Waals surface area contributed by atoms with Gasteiger partial charge in [0.15, 0.2) is 17.0 Å². The summed E-state index contributed by atoms with van der Waals surface area (Å²) < 4.78 is 2.30. The van der Waals surface area contributed by atoms with Gasteiger partial charge in [0.1, 0.15) is 0 Å². The lowest BCUT2D eigenvalue weighted by molar-refractivity contribution is 0.170. The number of nitrogens with one attached hydrogen (secondary N) is 4. The van der Waals surface area contributed by atoms with E-state index in [-0.39, 0.29) is 6.17 Å². The lowest BCUT2D eigenvalue weighted by Crippen LogP contribution is -2.43.